The second kappa shape index (κ2) is 7.77. The third kappa shape index (κ3) is 3.82. The largest absolute Gasteiger partial charge is 0.376 e. The van der Waals surface area contributed by atoms with Gasteiger partial charge in [-0.15, -0.1) is 0 Å². The summed E-state index contributed by atoms with van der Waals surface area (Å²) in [6.45, 7) is 5.39. The Labute approximate surface area is 142 Å². The molecule has 6 heteroatoms. The molecule has 1 N–H and O–H groups in total. The van der Waals surface area contributed by atoms with E-state index in [1.54, 1.807) is 12.4 Å². The quantitative estimate of drug-likeness (QED) is 0.908. The standard InChI is InChI=1S/C18H23N5O/c1-2-15-6-3-4-7-16(15)21-14-17(24)22-10-12-23(13-11-22)18-19-8-5-9-20-18/h3-9,21H,2,10-14H2,1H3. The summed E-state index contributed by atoms with van der Waals surface area (Å²) in [5.74, 6) is 0.870. The molecule has 24 heavy (non-hydrogen) atoms. The van der Waals surface area contributed by atoms with E-state index in [0.717, 1.165) is 31.1 Å². The van der Waals surface area contributed by atoms with E-state index in [2.05, 4.69) is 33.2 Å². The number of anilines is 2. The van der Waals surface area contributed by atoms with Crippen molar-refractivity contribution in [2.24, 2.45) is 0 Å². The summed E-state index contributed by atoms with van der Waals surface area (Å²) in [4.78, 5) is 25.0. The number of benzene rings is 1. The third-order valence-electron chi connectivity index (χ3n) is 4.30. The molecular formula is C18H23N5O. The van der Waals surface area contributed by atoms with E-state index in [1.807, 2.05) is 29.2 Å². The van der Waals surface area contributed by atoms with E-state index in [9.17, 15) is 4.79 Å². The summed E-state index contributed by atoms with van der Waals surface area (Å²) in [5, 5.41) is 3.27. The molecule has 0 atom stereocenters. The van der Waals surface area contributed by atoms with Crippen molar-refractivity contribution in [1.82, 2.24) is 14.9 Å². The third-order valence-corrected chi connectivity index (χ3v) is 4.30. The highest BCUT2D eigenvalue weighted by atomic mass is 16.2. The van der Waals surface area contributed by atoms with Gasteiger partial charge in [-0.25, -0.2) is 9.97 Å². The maximum atomic E-state index is 12.4. The van der Waals surface area contributed by atoms with Crippen LogP contribution in [0.25, 0.3) is 0 Å². The lowest BCUT2D eigenvalue weighted by atomic mass is 10.1. The second-order valence-electron chi connectivity index (χ2n) is 5.78. The van der Waals surface area contributed by atoms with E-state index in [4.69, 9.17) is 0 Å². The van der Waals surface area contributed by atoms with E-state index in [0.29, 0.717) is 19.6 Å². The molecule has 1 fully saturated rings. The fourth-order valence-corrected chi connectivity index (χ4v) is 2.89. The van der Waals surface area contributed by atoms with E-state index in [-0.39, 0.29) is 5.91 Å². The molecule has 0 unspecified atom stereocenters. The van der Waals surface area contributed by atoms with E-state index >= 15 is 0 Å². The fourth-order valence-electron chi connectivity index (χ4n) is 2.89. The molecular weight excluding hydrogens is 302 g/mol. The number of carbonyl (C=O) groups excluding carboxylic acids is 1. The van der Waals surface area contributed by atoms with Crippen molar-refractivity contribution in [1.29, 1.82) is 0 Å². The Morgan fingerprint density at radius 2 is 1.79 bits per heavy atom. The zero-order chi connectivity index (χ0) is 16.8. The average Bonchev–Trinajstić information content (AvgIpc) is 2.67. The highest BCUT2D eigenvalue weighted by molar-refractivity contribution is 5.81. The molecule has 1 aromatic heterocycles. The molecule has 3 rings (SSSR count). The number of nitrogens with zero attached hydrogens (tertiary/aromatic N) is 4. The van der Waals surface area contributed by atoms with Crippen molar-refractivity contribution >= 4 is 17.5 Å². The number of aromatic nitrogens is 2. The molecule has 2 aromatic rings. The summed E-state index contributed by atoms with van der Waals surface area (Å²) in [7, 11) is 0. The van der Waals surface area contributed by atoms with Crippen LogP contribution in [0.1, 0.15) is 12.5 Å². The van der Waals surface area contributed by atoms with Gasteiger partial charge in [-0.1, -0.05) is 25.1 Å². The van der Waals surface area contributed by atoms with Gasteiger partial charge in [-0.05, 0) is 24.1 Å². The molecule has 0 radical (unpaired) electrons. The second-order valence-corrected chi connectivity index (χ2v) is 5.78. The first-order valence-corrected chi connectivity index (χ1v) is 8.39. The lowest BCUT2D eigenvalue weighted by Gasteiger charge is -2.34. The van der Waals surface area contributed by atoms with Gasteiger partial charge in [0.05, 0.1) is 6.54 Å². The van der Waals surface area contributed by atoms with Gasteiger partial charge in [-0.2, -0.15) is 0 Å². The number of amides is 1. The molecule has 0 aliphatic carbocycles. The molecule has 2 heterocycles. The zero-order valence-electron chi connectivity index (χ0n) is 14.0. The molecule has 0 bridgehead atoms. The average molecular weight is 325 g/mol. The van der Waals surface area contributed by atoms with Crippen LogP contribution in [0, 0.1) is 0 Å². The van der Waals surface area contributed by atoms with Crippen molar-refractivity contribution in [3.63, 3.8) is 0 Å². The number of aryl methyl sites for hydroxylation is 1. The number of nitrogens with one attached hydrogen (secondary N) is 1. The smallest absolute Gasteiger partial charge is 0.241 e. The monoisotopic (exact) mass is 325 g/mol. The Morgan fingerprint density at radius 1 is 1.08 bits per heavy atom. The molecule has 0 saturated carbocycles. The lowest BCUT2D eigenvalue weighted by Crippen LogP contribution is -2.50. The molecule has 126 valence electrons. The van der Waals surface area contributed by atoms with Gasteiger partial charge < -0.3 is 15.1 Å². The zero-order valence-corrected chi connectivity index (χ0v) is 14.0. The van der Waals surface area contributed by atoms with Gasteiger partial charge in [0.15, 0.2) is 0 Å². The van der Waals surface area contributed by atoms with Crippen LogP contribution in [-0.4, -0.2) is 53.5 Å². The Balaban J connectivity index is 1.50. The SMILES string of the molecule is CCc1ccccc1NCC(=O)N1CCN(c2ncccn2)CC1. The van der Waals surface area contributed by atoms with Crippen LogP contribution >= 0.6 is 0 Å². The number of carbonyl (C=O) groups is 1. The van der Waals surface area contributed by atoms with E-state index < -0.39 is 0 Å². The van der Waals surface area contributed by atoms with Crippen molar-refractivity contribution in [3.05, 3.63) is 48.3 Å². The van der Waals surface area contributed by atoms with Gasteiger partial charge in [0, 0.05) is 44.3 Å². The van der Waals surface area contributed by atoms with Crippen LogP contribution in [0.15, 0.2) is 42.7 Å². The first-order chi connectivity index (χ1) is 11.8. The van der Waals surface area contributed by atoms with Crippen LogP contribution in [-0.2, 0) is 11.2 Å². The van der Waals surface area contributed by atoms with Crippen molar-refractivity contribution in [3.8, 4) is 0 Å². The Hall–Kier alpha value is -2.63. The highest BCUT2D eigenvalue weighted by Crippen LogP contribution is 2.15. The topological polar surface area (TPSA) is 61.4 Å². The van der Waals surface area contributed by atoms with Crippen LogP contribution in [0.5, 0.6) is 0 Å². The summed E-state index contributed by atoms with van der Waals surface area (Å²) in [6.07, 6.45) is 4.44. The number of para-hydroxylation sites is 1. The lowest BCUT2D eigenvalue weighted by molar-refractivity contribution is -0.129. The summed E-state index contributed by atoms with van der Waals surface area (Å²) in [6, 6.07) is 9.94. The summed E-state index contributed by atoms with van der Waals surface area (Å²) in [5.41, 5.74) is 2.28. The number of hydrogen-bond donors (Lipinski definition) is 1. The Bertz CT molecular complexity index is 668. The van der Waals surface area contributed by atoms with Gasteiger partial charge in [0.1, 0.15) is 0 Å². The van der Waals surface area contributed by atoms with E-state index in [1.165, 1.54) is 5.56 Å². The maximum absolute atomic E-state index is 12.4. The summed E-state index contributed by atoms with van der Waals surface area (Å²) >= 11 is 0. The number of piperazine rings is 1. The number of hydrogen-bond acceptors (Lipinski definition) is 5. The first kappa shape index (κ1) is 16.2. The molecule has 0 spiro atoms. The predicted molar refractivity (Wildman–Crippen MR) is 95.1 cm³/mol. The normalized spacial score (nSPS) is 14.5. The minimum Gasteiger partial charge on any atom is -0.376 e. The Morgan fingerprint density at radius 3 is 2.50 bits per heavy atom. The van der Waals surface area contributed by atoms with Crippen LogP contribution in [0.2, 0.25) is 0 Å². The van der Waals surface area contributed by atoms with Gasteiger partial charge in [0.2, 0.25) is 11.9 Å². The minimum absolute atomic E-state index is 0.134. The molecule has 1 saturated heterocycles. The molecule has 1 amide bonds. The van der Waals surface area contributed by atoms with Crippen LogP contribution < -0.4 is 10.2 Å². The molecule has 6 nitrogen and oxygen atoms in total. The molecule has 1 aliphatic rings. The highest BCUT2D eigenvalue weighted by Gasteiger charge is 2.22. The van der Waals surface area contributed by atoms with Crippen molar-refractivity contribution in [2.45, 2.75) is 13.3 Å². The molecule has 1 aromatic carbocycles. The fraction of sp³-hybridized carbons (Fsp3) is 0.389. The summed E-state index contributed by atoms with van der Waals surface area (Å²) < 4.78 is 0. The molecule has 1 aliphatic heterocycles. The first-order valence-electron chi connectivity index (χ1n) is 8.39. The minimum atomic E-state index is 0.134. The van der Waals surface area contributed by atoms with Crippen molar-refractivity contribution in [2.75, 3.05) is 42.9 Å². The van der Waals surface area contributed by atoms with Crippen molar-refractivity contribution < 1.29 is 4.79 Å². The Kier molecular flexibility index (Phi) is 5.25. The number of rotatable bonds is 5. The van der Waals surface area contributed by atoms with Gasteiger partial charge in [-0.3, -0.25) is 4.79 Å². The predicted octanol–water partition coefficient (Wildman–Crippen LogP) is 1.80. The van der Waals surface area contributed by atoms with Crippen LogP contribution in [0.4, 0.5) is 11.6 Å². The van der Waals surface area contributed by atoms with Gasteiger partial charge in [0.25, 0.3) is 0 Å². The van der Waals surface area contributed by atoms with Gasteiger partial charge >= 0.3 is 0 Å². The van der Waals surface area contributed by atoms with Crippen LogP contribution in [0.3, 0.4) is 0 Å². The maximum Gasteiger partial charge on any atom is 0.241 e.